The summed E-state index contributed by atoms with van der Waals surface area (Å²) in [7, 11) is 1.91. The zero-order valence-corrected chi connectivity index (χ0v) is 10.6. The van der Waals surface area contributed by atoms with Gasteiger partial charge in [-0.15, -0.1) is 0 Å². The predicted octanol–water partition coefficient (Wildman–Crippen LogP) is 1.56. The summed E-state index contributed by atoms with van der Waals surface area (Å²) < 4.78 is 5.89. The molecule has 1 aliphatic rings. The molecule has 5 heteroatoms. The van der Waals surface area contributed by atoms with Crippen molar-refractivity contribution in [2.24, 2.45) is 0 Å². The lowest BCUT2D eigenvalue weighted by molar-refractivity contribution is 0.0696. The molecule has 5 nitrogen and oxygen atoms in total. The molecule has 0 fully saturated rings. The number of ether oxygens (including phenoxy) is 1. The molecule has 0 aromatic heterocycles. The van der Waals surface area contributed by atoms with Gasteiger partial charge in [0.25, 0.3) is 0 Å². The van der Waals surface area contributed by atoms with Crippen LogP contribution < -0.4 is 15.4 Å². The Kier molecular flexibility index (Phi) is 3.72. The van der Waals surface area contributed by atoms with Gasteiger partial charge in [-0.1, -0.05) is 0 Å². The summed E-state index contributed by atoms with van der Waals surface area (Å²) in [6.07, 6.45) is 1.01. The first-order chi connectivity index (χ1) is 8.61. The van der Waals surface area contributed by atoms with E-state index in [-0.39, 0.29) is 17.7 Å². The summed E-state index contributed by atoms with van der Waals surface area (Å²) in [5.41, 5.74) is 1.02. The summed E-state index contributed by atoms with van der Waals surface area (Å²) in [4.78, 5) is 10.9. The van der Waals surface area contributed by atoms with Gasteiger partial charge in [0, 0.05) is 0 Å². The third-order valence-corrected chi connectivity index (χ3v) is 3.12. The molecule has 2 rings (SSSR count). The number of nitrogens with one attached hydrogen (secondary N) is 2. The number of rotatable bonds is 4. The minimum absolute atomic E-state index is 0.0978. The van der Waals surface area contributed by atoms with Crippen LogP contribution in [0.3, 0.4) is 0 Å². The van der Waals surface area contributed by atoms with E-state index in [9.17, 15) is 4.79 Å². The van der Waals surface area contributed by atoms with E-state index in [4.69, 9.17) is 9.84 Å². The Labute approximate surface area is 106 Å². The second-order valence-electron chi connectivity index (χ2n) is 4.50. The van der Waals surface area contributed by atoms with E-state index in [1.165, 1.54) is 0 Å². The quantitative estimate of drug-likeness (QED) is 0.756. The van der Waals surface area contributed by atoms with E-state index >= 15 is 0 Å². The van der Waals surface area contributed by atoms with Crippen LogP contribution in [0.2, 0.25) is 0 Å². The number of carbonyl (C=O) groups is 1. The van der Waals surface area contributed by atoms with Crippen LogP contribution in [0.15, 0.2) is 18.2 Å². The maximum absolute atomic E-state index is 10.9. The van der Waals surface area contributed by atoms with Crippen molar-refractivity contribution in [3.05, 3.63) is 23.8 Å². The molecule has 2 atom stereocenters. The lowest BCUT2D eigenvalue weighted by Gasteiger charge is -2.33. The Balaban J connectivity index is 2.17. The number of anilines is 1. The van der Waals surface area contributed by atoms with Crippen LogP contribution in [-0.4, -0.2) is 36.8 Å². The minimum Gasteiger partial charge on any atom is -0.486 e. The van der Waals surface area contributed by atoms with Gasteiger partial charge in [0.05, 0.1) is 17.3 Å². The van der Waals surface area contributed by atoms with Gasteiger partial charge in [0.1, 0.15) is 11.9 Å². The van der Waals surface area contributed by atoms with Gasteiger partial charge in [-0.05, 0) is 45.1 Å². The number of benzene rings is 1. The fourth-order valence-electron chi connectivity index (χ4n) is 2.08. The lowest BCUT2D eigenvalue weighted by atomic mass is 10.1. The molecule has 0 saturated carbocycles. The Morgan fingerprint density at radius 1 is 1.56 bits per heavy atom. The highest BCUT2D eigenvalue weighted by atomic mass is 16.5. The Morgan fingerprint density at radius 2 is 2.33 bits per heavy atom. The molecule has 1 aliphatic heterocycles. The maximum Gasteiger partial charge on any atom is 0.335 e. The molecule has 1 aromatic carbocycles. The van der Waals surface area contributed by atoms with Gasteiger partial charge in [0.2, 0.25) is 0 Å². The first-order valence-electron chi connectivity index (χ1n) is 6.07. The molecule has 18 heavy (non-hydrogen) atoms. The predicted molar refractivity (Wildman–Crippen MR) is 69.4 cm³/mol. The Bertz CT molecular complexity index is 448. The number of hydrogen-bond donors (Lipinski definition) is 3. The largest absolute Gasteiger partial charge is 0.486 e. The molecule has 0 aliphatic carbocycles. The monoisotopic (exact) mass is 250 g/mol. The first kappa shape index (κ1) is 12.7. The zero-order chi connectivity index (χ0) is 13.1. The minimum atomic E-state index is -0.926. The van der Waals surface area contributed by atoms with Crippen molar-refractivity contribution in [1.82, 2.24) is 5.32 Å². The van der Waals surface area contributed by atoms with Crippen LogP contribution in [0, 0.1) is 0 Å². The molecule has 98 valence electrons. The van der Waals surface area contributed by atoms with Crippen molar-refractivity contribution in [3.63, 3.8) is 0 Å². The van der Waals surface area contributed by atoms with E-state index in [1.807, 2.05) is 14.0 Å². The highest BCUT2D eigenvalue weighted by Gasteiger charge is 2.26. The first-order valence-corrected chi connectivity index (χ1v) is 6.07. The van der Waals surface area contributed by atoms with E-state index in [2.05, 4.69) is 10.6 Å². The van der Waals surface area contributed by atoms with Crippen molar-refractivity contribution in [1.29, 1.82) is 0 Å². The number of fused-ring (bicyclic) bond motifs is 1. The number of carboxylic acid groups (broad SMARTS) is 1. The fraction of sp³-hybridized carbons (Fsp3) is 0.462. The maximum atomic E-state index is 10.9. The van der Waals surface area contributed by atoms with E-state index in [0.717, 1.165) is 24.4 Å². The third kappa shape index (κ3) is 2.56. The summed E-state index contributed by atoms with van der Waals surface area (Å²) in [6, 6.07) is 5.05. The molecule has 0 bridgehead atoms. The van der Waals surface area contributed by atoms with Crippen LogP contribution in [0.4, 0.5) is 5.69 Å². The summed E-state index contributed by atoms with van der Waals surface area (Å²) in [6.45, 7) is 2.93. The highest BCUT2D eigenvalue weighted by molar-refractivity contribution is 5.89. The zero-order valence-electron chi connectivity index (χ0n) is 10.6. The van der Waals surface area contributed by atoms with Crippen molar-refractivity contribution in [3.8, 4) is 5.75 Å². The SMILES string of the molecule is CNCCC1Oc2ccc(C(=O)O)cc2NC1C. The molecule has 0 radical (unpaired) electrons. The van der Waals surface area contributed by atoms with Gasteiger partial charge in [0.15, 0.2) is 0 Å². The van der Waals surface area contributed by atoms with Crippen molar-refractivity contribution >= 4 is 11.7 Å². The van der Waals surface area contributed by atoms with Crippen LogP contribution in [-0.2, 0) is 0 Å². The average molecular weight is 250 g/mol. The van der Waals surface area contributed by atoms with E-state index in [1.54, 1.807) is 18.2 Å². The van der Waals surface area contributed by atoms with Crippen LogP contribution in [0.1, 0.15) is 23.7 Å². The van der Waals surface area contributed by atoms with Crippen LogP contribution in [0.25, 0.3) is 0 Å². The molecular formula is C13H18N2O3. The number of carboxylic acids is 1. The van der Waals surface area contributed by atoms with Gasteiger partial charge >= 0.3 is 5.97 Å². The fourth-order valence-corrected chi connectivity index (χ4v) is 2.08. The smallest absolute Gasteiger partial charge is 0.335 e. The number of aromatic carboxylic acids is 1. The molecular weight excluding hydrogens is 232 g/mol. The van der Waals surface area contributed by atoms with Crippen LogP contribution >= 0.6 is 0 Å². The molecule has 1 heterocycles. The van der Waals surface area contributed by atoms with E-state index < -0.39 is 5.97 Å². The standard InChI is InChI=1S/C13H18N2O3/c1-8-11(5-6-14-2)18-12-4-3-9(13(16)17)7-10(12)15-8/h3-4,7-8,11,14-15H,5-6H2,1-2H3,(H,16,17). The van der Waals surface area contributed by atoms with Crippen molar-refractivity contribution in [2.75, 3.05) is 18.9 Å². The second-order valence-corrected chi connectivity index (χ2v) is 4.50. The molecule has 1 aromatic rings. The normalized spacial score (nSPS) is 21.7. The van der Waals surface area contributed by atoms with Gasteiger partial charge in [-0.2, -0.15) is 0 Å². The highest BCUT2D eigenvalue weighted by Crippen LogP contribution is 2.32. The third-order valence-electron chi connectivity index (χ3n) is 3.12. The van der Waals surface area contributed by atoms with Gasteiger partial charge < -0.3 is 20.5 Å². The van der Waals surface area contributed by atoms with Gasteiger partial charge in [-0.25, -0.2) is 4.79 Å². The summed E-state index contributed by atoms with van der Waals surface area (Å²) >= 11 is 0. The number of hydrogen-bond acceptors (Lipinski definition) is 4. The van der Waals surface area contributed by atoms with Crippen molar-refractivity contribution in [2.45, 2.75) is 25.5 Å². The Morgan fingerprint density at radius 3 is 3.00 bits per heavy atom. The lowest BCUT2D eigenvalue weighted by Crippen LogP contribution is -2.40. The molecule has 0 spiro atoms. The summed E-state index contributed by atoms with van der Waals surface area (Å²) in [5.74, 6) is -0.205. The molecule has 3 N–H and O–H groups in total. The Hall–Kier alpha value is -1.75. The molecule has 0 saturated heterocycles. The van der Waals surface area contributed by atoms with Crippen LogP contribution in [0.5, 0.6) is 5.75 Å². The van der Waals surface area contributed by atoms with Gasteiger partial charge in [-0.3, -0.25) is 0 Å². The van der Waals surface area contributed by atoms with E-state index in [0.29, 0.717) is 0 Å². The second kappa shape index (κ2) is 5.27. The molecule has 2 unspecified atom stereocenters. The summed E-state index contributed by atoms with van der Waals surface area (Å²) in [5, 5.41) is 15.3. The average Bonchev–Trinajstić information content (AvgIpc) is 2.35. The topological polar surface area (TPSA) is 70.6 Å². The molecule has 0 amide bonds. The van der Waals surface area contributed by atoms with Crippen molar-refractivity contribution < 1.29 is 14.6 Å².